The Bertz CT molecular complexity index is 306. The van der Waals surface area contributed by atoms with E-state index in [1.54, 1.807) is 12.1 Å². The molecule has 0 aliphatic rings. The third-order valence-electron chi connectivity index (χ3n) is 1.18. The van der Waals surface area contributed by atoms with E-state index in [0.717, 1.165) is 0 Å². The van der Waals surface area contributed by atoms with Crippen LogP contribution >= 0.6 is 23.4 Å². The number of aromatic nitrogens is 2. The number of hydrogen-bond acceptors (Lipinski definition) is 4. The van der Waals surface area contributed by atoms with Crippen LogP contribution in [0.15, 0.2) is 23.9 Å². The fourth-order valence-electron chi connectivity index (χ4n) is 0.687. The smallest absolute Gasteiger partial charge is 0.219 e. The maximum atomic E-state index is 5.74. The first-order chi connectivity index (χ1) is 6.26. The van der Waals surface area contributed by atoms with Crippen molar-refractivity contribution in [3.8, 4) is 5.88 Å². The largest absolute Gasteiger partial charge is 0.473 e. The van der Waals surface area contributed by atoms with Gasteiger partial charge in [0.25, 0.3) is 0 Å². The van der Waals surface area contributed by atoms with Crippen molar-refractivity contribution < 1.29 is 4.74 Å². The van der Waals surface area contributed by atoms with Gasteiger partial charge in [0.15, 0.2) is 5.16 Å². The Morgan fingerprint density at radius 3 is 3.08 bits per heavy atom. The van der Waals surface area contributed by atoms with Crippen LogP contribution < -0.4 is 4.74 Å². The number of thioether (sulfide) groups is 1. The Morgan fingerprint density at radius 1 is 1.69 bits per heavy atom. The standard InChI is InChI=1S/C8H9ClN2OS/c1-3-4-12-7-5-6(9)10-8(11-7)13-2/h3,5H,1,4H2,2H3. The van der Waals surface area contributed by atoms with Crippen LogP contribution in [0.1, 0.15) is 0 Å². The summed E-state index contributed by atoms with van der Waals surface area (Å²) in [5.41, 5.74) is 0. The molecule has 1 aromatic heterocycles. The molecular formula is C8H9ClN2OS. The Hall–Kier alpha value is -0.740. The lowest BCUT2D eigenvalue weighted by atomic mass is 10.6. The van der Waals surface area contributed by atoms with Gasteiger partial charge in [-0.1, -0.05) is 36.0 Å². The lowest BCUT2D eigenvalue weighted by Crippen LogP contribution is -1.97. The normalized spacial score (nSPS) is 9.69. The van der Waals surface area contributed by atoms with Gasteiger partial charge in [0, 0.05) is 6.07 Å². The van der Waals surface area contributed by atoms with Crippen molar-refractivity contribution in [1.29, 1.82) is 0 Å². The summed E-state index contributed by atoms with van der Waals surface area (Å²) in [6.45, 7) is 3.95. The average Bonchev–Trinajstić information content (AvgIpc) is 2.14. The Morgan fingerprint density at radius 2 is 2.46 bits per heavy atom. The first kappa shape index (κ1) is 10.3. The molecule has 0 bridgehead atoms. The first-order valence-electron chi connectivity index (χ1n) is 3.58. The summed E-state index contributed by atoms with van der Waals surface area (Å²) < 4.78 is 5.21. The first-order valence-corrected chi connectivity index (χ1v) is 5.19. The third-order valence-corrected chi connectivity index (χ3v) is 1.92. The fourth-order valence-corrected chi connectivity index (χ4v) is 1.28. The van der Waals surface area contributed by atoms with Gasteiger partial charge >= 0.3 is 0 Å². The SMILES string of the molecule is C=CCOc1cc(Cl)nc(SC)n1. The van der Waals surface area contributed by atoms with Crippen LogP contribution in [0.25, 0.3) is 0 Å². The number of halogens is 1. The second-order valence-corrected chi connectivity index (χ2v) is 3.28. The van der Waals surface area contributed by atoms with E-state index in [2.05, 4.69) is 16.5 Å². The van der Waals surface area contributed by atoms with Gasteiger partial charge in [0.1, 0.15) is 11.8 Å². The van der Waals surface area contributed by atoms with Crippen LogP contribution in [0.4, 0.5) is 0 Å². The number of ether oxygens (including phenoxy) is 1. The van der Waals surface area contributed by atoms with Crippen molar-refractivity contribution >= 4 is 23.4 Å². The van der Waals surface area contributed by atoms with E-state index < -0.39 is 0 Å². The van der Waals surface area contributed by atoms with E-state index in [1.807, 2.05) is 6.26 Å². The highest BCUT2D eigenvalue weighted by molar-refractivity contribution is 7.98. The third kappa shape index (κ3) is 3.24. The van der Waals surface area contributed by atoms with Crippen molar-refractivity contribution in [2.24, 2.45) is 0 Å². The summed E-state index contributed by atoms with van der Waals surface area (Å²) in [4.78, 5) is 8.06. The minimum absolute atomic E-state index is 0.387. The molecule has 0 saturated heterocycles. The van der Waals surface area contributed by atoms with Gasteiger partial charge in [-0.05, 0) is 6.26 Å². The molecule has 0 radical (unpaired) electrons. The van der Waals surface area contributed by atoms with Crippen LogP contribution in [0.2, 0.25) is 5.15 Å². The van der Waals surface area contributed by atoms with Gasteiger partial charge in [-0.15, -0.1) is 0 Å². The van der Waals surface area contributed by atoms with Crippen LogP contribution in [0.5, 0.6) is 5.88 Å². The average molecular weight is 217 g/mol. The highest BCUT2D eigenvalue weighted by Gasteiger charge is 2.01. The highest BCUT2D eigenvalue weighted by atomic mass is 35.5. The predicted molar refractivity (Wildman–Crippen MR) is 54.5 cm³/mol. The molecule has 0 aliphatic carbocycles. The second-order valence-electron chi connectivity index (χ2n) is 2.12. The summed E-state index contributed by atoms with van der Waals surface area (Å²) in [5, 5.41) is 0.991. The van der Waals surface area contributed by atoms with E-state index in [4.69, 9.17) is 16.3 Å². The molecule has 1 aromatic rings. The Balaban J connectivity index is 2.81. The fraction of sp³-hybridized carbons (Fsp3) is 0.250. The van der Waals surface area contributed by atoms with Crippen LogP contribution in [-0.2, 0) is 0 Å². The van der Waals surface area contributed by atoms with Crippen molar-refractivity contribution in [1.82, 2.24) is 9.97 Å². The van der Waals surface area contributed by atoms with E-state index in [9.17, 15) is 0 Å². The zero-order valence-electron chi connectivity index (χ0n) is 7.16. The van der Waals surface area contributed by atoms with E-state index >= 15 is 0 Å². The monoisotopic (exact) mass is 216 g/mol. The molecule has 3 nitrogen and oxygen atoms in total. The molecule has 0 N–H and O–H groups in total. The molecule has 0 unspecified atom stereocenters. The minimum atomic E-state index is 0.387. The number of hydrogen-bond donors (Lipinski definition) is 0. The molecule has 1 heterocycles. The molecule has 1 rings (SSSR count). The molecule has 0 aliphatic heterocycles. The lowest BCUT2D eigenvalue weighted by Gasteiger charge is -2.03. The molecule has 0 saturated carbocycles. The predicted octanol–water partition coefficient (Wildman–Crippen LogP) is 2.42. The van der Waals surface area contributed by atoms with E-state index in [0.29, 0.717) is 22.8 Å². The Labute approximate surface area is 86.2 Å². The van der Waals surface area contributed by atoms with Gasteiger partial charge in [-0.3, -0.25) is 0 Å². The summed E-state index contributed by atoms with van der Waals surface area (Å²) in [7, 11) is 0. The van der Waals surface area contributed by atoms with Crippen molar-refractivity contribution in [3.63, 3.8) is 0 Å². The molecule has 13 heavy (non-hydrogen) atoms. The quantitative estimate of drug-likeness (QED) is 0.335. The molecule has 0 amide bonds. The summed E-state index contributed by atoms with van der Waals surface area (Å²) in [6, 6.07) is 1.57. The number of nitrogens with zero attached hydrogens (tertiary/aromatic N) is 2. The van der Waals surface area contributed by atoms with Gasteiger partial charge in [0.2, 0.25) is 5.88 Å². The van der Waals surface area contributed by atoms with Crippen LogP contribution in [-0.4, -0.2) is 22.8 Å². The molecule has 5 heteroatoms. The van der Waals surface area contributed by atoms with E-state index in [-0.39, 0.29) is 0 Å². The topological polar surface area (TPSA) is 35.0 Å². The molecule has 0 spiro atoms. The molecule has 0 atom stereocenters. The zero-order valence-corrected chi connectivity index (χ0v) is 8.73. The van der Waals surface area contributed by atoms with Crippen LogP contribution in [0.3, 0.4) is 0 Å². The Kier molecular flexibility index (Phi) is 4.05. The molecular weight excluding hydrogens is 208 g/mol. The van der Waals surface area contributed by atoms with Crippen LogP contribution in [0, 0.1) is 0 Å². The van der Waals surface area contributed by atoms with Gasteiger partial charge in [-0.25, -0.2) is 4.98 Å². The summed E-state index contributed by atoms with van der Waals surface area (Å²) in [6.07, 6.45) is 3.53. The second kappa shape index (κ2) is 5.09. The van der Waals surface area contributed by atoms with Gasteiger partial charge in [0.05, 0.1) is 0 Å². The van der Waals surface area contributed by atoms with Gasteiger partial charge < -0.3 is 4.74 Å². The van der Waals surface area contributed by atoms with E-state index in [1.165, 1.54) is 11.8 Å². The minimum Gasteiger partial charge on any atom is -0.473 e. The molecule has 0 aromatic carbocycles. The van der Waals surface area contributed by atoms with Crippen molar-refractivity contribution in [2.75, 3.05) is 12.9 Å². The molecule has 70 valence electrons. The summed E-state index contributed by atoms with van der Waals surface area (Å²) in [5.74, 6) is 0.476. The maximum Gasteiger partial charge on any atom is 0.219 e. The summed E-state index contributed by atoms with van der Waals surface area (Å²) >= 11 is 7.16. The zero-order chi connectivity index (χ0) is 9.68. The highest BCUT2D eigenvalue weighted by Crippen LogP contribution is 2.18. The van der Waals surface area contributed by atoms with Crippen molar-refractivity contribution in [2.45, 2.75) is 5.16 Å². The lowest BCUT2D eigenvalue weighted by molar-refractivity contribution is 0.344. The maximum absolute atomic E-state index is 5.74. The molecule has 0 fully saturated rings. The van der Waals surface area contributed by atoms with Crippen molar-refractivity contribution in [3.05, 3.63) is 23.9 Å². The van der Waals surface area contributed by atoms with Gasteiger partial charge in [-0.2, -0.15) is 4.98 Å². The number of rotatable bonds is 4.